The molecule has 0 aromatic carbocycles. The minimum Gasteiger partial charge on any atom is -0.357 e. The fourth-order valence-electron chi connectivity index (χ4n) is 2.42. The fraction of sp³-hybridized carbons (Fsp3) is 0.600. The third-order valence-electron chi connectivity index (χ3n) is 3.59. The summed E-state index contributed by atoms with van der Waals surface area (Å²) in [7, 11) is 0. The molecule has 1 aliphatic heterocycles. The van der Waals surface area contributed by atoms with Gasteiger partial charge >= 0.3 is 0 Å². The summed E-state index contributed by atoms with van der Waals surface area (Å²) in [6.45, 7) is 3.28. The first-order valence-electron chi connectivity index (χ1n) is 7.46. The summed E-state index contributed by atoms with van der Waals surface area (Å²) in [6, 6.07) is 4.03. The molecule has 0 bridgehead atoms. The third-order valence-corrected chi connectivity index (χ3v) is 3.59. The smallest absolute Gasteiger partial charge is 0.220 e. The molecule has 1 aliphatic rings. The maximum absolute atomic E-state index is 11.6. The summed E-state index contributed by atoms with van der Waals surface area (Å²) in [5.74, 6) is 1.09. The van der Waals surface area contributed by atoms with Crippen LogP contribution in [-0.4, -0.2) is 30.5 Å². The standard InChI is InChI=1S/C15H24N4O.2ClH/c16-7-4-5-15(20)18-12-13-6-8-17-14(11-13)19-9-2-1-3-10-19;;/h6,8,11H,1-5,7,9-10,12,16H2,(H,18,20);2*1H. The number of halogens is 2. The maximum atomic E-state index is 11.6. The van der Waals surface area contributed by atoms with Crippen molar-refractivity contribution in [3.05, 3.63) is 23.9 Å². The number of rotatable bonds is 6. The van der Waals surface area contributed by atoms with Gasteiger partial charge in [0.2, 0.25) is 5.91 Å². The maximum Gasteiger partial charge on any atom is 0.220 e. The summed E-state index contributed by atoms with van der Waals surface area (Å²) < 4.78 is 0. The first kappa shape index (κ1) is 21.0. The highest BCUT2D eigenvalue weighted by atomic mass is 35.5. The molecule has 22 heavy (non-hydrogen) atoms. The van der Waals surface area contributed by atoms with Crippen LogP contribution in [0.4, 0.5) is 5.82 Å². The van der Waals surface area contributed by atoms with E-state index in [1.807, 2.05) is 12.3 Å². The highest BCUT2D eigenvalue weighted by Gasteiger charge is 2.12. The number of hydrogen-bond acceptors (Lipinski definition) is 4. The summed E-state index contributed by atoms with van der Waals surface area (Å²) in [5.41, 5.74) is 6.49. The number of nitrogens with zero attached hydrogens (tertiary/aromatic N) is 2. The van der Waals surface area contributed by atoms with Gasteiger partial charge in [-0.1, -0.05) is 0 Å². The Hall–Kier alpha value is -1.04. The normalized spacial score (nSPS) is 13.8. The average molecular weight is 349 g/mol. The Kier molecular flexibility index (Phi) is 11.0. The predicted molar refractivity (Wildman–Crippen MR) is 94.9 cm³/mol. The van der Waals surface area contributed by atoms with Gasteiger partial charge in [0.05, 0.1) is 0 Å². The molecule has 126 valence electrons. The van der Waals surface area contributed by atoms with Crippen molar-refractivity contribution in [1.82, 2.24) is 10.3 Å². The van der Waals surface area contributed by atoms with Crippen molar-refractivity contribution < 1.29 is 4.79 Å². The minimum absolute atomic E-state index is 0. The number of hydrogen-bond donors (Lipinski definition) is 2. The molecule has 1 amide bonds. The summed E-state index contributed by atoms with van der Waals surface area (Å²) in [5, 5.41) is 2.92. The molecule has 0 aliphatic carbocycles. The quantitative estimate of drug-likeness (QED) is 0.827. The third kappa shape index (κ3) is 6.81. The number of pyridine rings is 1. The second-order valence-electron chi connectivity index (χ2n) is 5.24. The zero-order valence-corrected chi connectivity index (χ0v) is 14.4. The second-order valence-corrected chi connectivity index (χ2v) is 5.24. The van der Waals surface area contributed by atoms with E-state index >= 15 is 0 Å². The van der Waals surface area contributed by atoms with E-state index in [2.05, 4.69) is 21.3 Å². The van der Waals surface area contributed by atoms with Gasteiger partial charge in [-0.25, -0.2) is 4.98 Å². The summed E-state index contributed by atoms with van der Waals surface area (Å²) in [4.78, 5) is 18.3. The number of aromatic nitrogens is 1. The molecule has 0 saturated carbocycles. The van der Waals surface area contributed by atoms with Crippen LogP contribution < -0.4 is 16.0 Å². The zero-order chi connectivity index (χ0) is 14.2. The molecular formula is C15H26Cl2N4O. The second kappa shape index (κ2) is 11.5. The van der Waals surface area contributed by atoms with Crippen LogP contribution in [-0.2, 0) is 11.3 Å². The van der Waals surface area contributed by atoms with Gasteiger partial charge in [-0.05, 0) is 49.9 Å². The number of nitrogens with two attached hydrogens (primary N) is 1. The molecule has 2 heterocycles. The Morgan fingerprint density at radius 1 is 1.27 bits per heavy atom. The van der Waals surface area contributed by atoms with Crippen molar-refractivity contribution in [2.45, 2.75) is 38.6 Å². The fourth-order valence-corrected chi connectivity index (χ4v) is 2.42. The van der Waals surface area contributed by atoms with Crippen LogP contribution in [0.1, 0.15) is 37.7 Å². The molecule has 1 saturated heterocycles. The van der Waals surface area contributed by atoms with Crippen LogP contribution in [0.3, 0.4) is 0 Å². The number of carbonyl (C=O) groups excluding carboxylic acids is 1. The van der Waals surface area contributed by atoms with Crippen LogP contribution in [0.2, 0.25) is 0 Å². The molecule has 1 aromatic rings. The van der Waals surface area contributed by atoms with Gasteiger partial charge in [0.1, 0.15) is 5.82 Å². The zero-order valence-electron chi connectivity index (χ0n) is 12.8. The Labute approximate surface area is 144 Å². The van der Waals surface area contributed by atoms with E-state index in [1.54, 1.807) is 0 Å². The first-order valence-corrected chi connectivity index (χ1v) is 7.46. The number of nitrogens with one attached hydrogen (secondary N) is 1. The van der Waals surface area contributed by atoms with Crippen LogP contribution in [0.15, 0.2) is 18.3 Å². The van der Waals surface area contributed by atoms with Crippen LogP contribution >= 0.6 is 24.8 Å². The molecule has 0 unspecified atom stereocenters. The number of piperidine rings is 1. The van der Waals surface area contributed by atoms with Crippen LogP contribution in [0.5, 0.6) is 0 Å². The number of anilines is 1. The van der Waals surface area contributed by atoms with Gasteiger partial charge in [0, 0.05) is 32.3 Å². The lowest BCUT2D eigenvalue weighted by molar-refractivity contribution is -0.121. The van der Waals surface area contributed by atoms with E-state index < -0.39 is 0 Å². The molecule has 0 atom stereocenters. The van der Waals surface area contributed by atoms with E-state index in [9.17, 15) is 4.79 Å². The lowest BCUT2D eigenvalue weighted by Gasteiger charge is -2.27. The van der Waals surface area contributed by atoms with Gasteiger partial charge < -0.3 is 16.0 Å². The molecule has 3 N–H and O–H groups in total. The monoisotopic (exact) mass is 348 g/mol. The Morgan fingerprint density at radius 3 is 2.68 bits per heavy atom. The highest BCUT2D eigenvalue weighted by Crippen LogP contribution is 2.18. The van der Waals surface area contributed by atoms with E-state index in [1.165, 1.54) is 19.3 Å². The van der Waals surface area contributed by atoms with Gasteiger partial charge in [0.25, 0.3) is 0 Å². The average Bonchev–Trinajstić information content (AvgIpc) is 2.52. The number of carbonyl (C=O) groups is 1. The number of amides is 1. The lowest BCUT2D eigenvalue weighted by Crippen LogP contribution is -2.30. The van der Waals surface area contributed by atoms with Crippen molar-refractivity contribution in [3.8, 4) is 0 Å². The summed E-state index contributed by atoms with van der Waals surface area (Å²) >= 11 is 0. The Balaban J connectivity index is 0.00000220. The van der Waals surface area contributed by atoms with Crippen molar-refractivity contribution in [3.63, 3.8) is 0 Å². The van der Waals surface area contributed by atoms with Gasteiger partial charge in [-0.15, -0.1) is 24.8 Å². The molecular weight excluding hydrogens is 323 g/mol. The Morgan fingerprint density at radius 2 is 2.00 bits per heavy atom. The van der Waals surface area contributed by atoms with Gasteiger partial charge in [-0.3, -0.25) is 4.79 Å². The topological polar surface area (TPSA) is 71.2 Å². The SMILES string of the molecule is Cl.Cl.NCCCC(=O)NCc1ccnc(N2CCCCC2)c1. The first-order chi connectivity index (χ1) is 9.79. The van der Waals surface area contributed by atoms with Gasteiger partial charge in [-0.2, -0.15) is 0 Å². The van der Waals surface area contributed by atoms with Crippen molar-refractivity contribution >= 4 is 36.5 Å². The minimum atomic E-state index is 0. The molecule has 1 aromatic heterocycles. The highest BCUT2D eigenvalue weighted by molar-refractivity contribution is 5.85. The van der Waals surface area contributed by atoms with Crippen molar-refractivity contribution in [1.29, 1.82) is 0 Å². The molecule has 1 fully saturated rings. The van der Waals surface area contributed by atoms with Crippen LogP contribution in [0.25, 0.3) is 0 Å². The van der Waals surface area contributed by atoms with E-state index in [4.69, 9.17) is 5.73 Å². The lowest BCUT2D eigenvalue weighted by atomic mass is 10.1. The Bertz CT molecular complexity index is 439. The largest absolute Gasteiger partial charge is 0.357 e. The van der Waals surface area contributed by atoms with Crippen molar-refractivity contribution in [2.24, 2.45) is 5.73 Å². The molecule has 0 spiro atoms. The molecule has 2 rings (SSSR count). The molecule has 5 nitrogen and oxygen atoms in total. The van der Waals surface area contributed by atoms with E-state index in [0.29, 0.717) is 19.5 Å². The molecule has 7 heteroatoms. The predicted octanol–water partition coefficient (Wildman–Crippen LogP) is 2.27. The van der Waals surface area contributed by atoms with Crippen molar-refractivity contribution in [2.75, 3.05) is 24.5 Å². The summed E-state index contributed by atoms with van der Waals surface area (Å²) in [6.07, 6.45) is 6.85. The molecule has 0 radical (unpaired) electrons. The van der Waals surface area contributed by atoms with E-state index in [-0.39, 0.29) is 30.7 Å². The van der Waals surface area contributed by atoms with E-state index in [0.717, 1.165) is 30.9 Å². The van der Waals surface area contributed by atoms with Gasteiger partial charge in [0.15, 0.2) is 0 Å². The van der Waals surface area contributed by atoms with Crippen LogP contribution in [0, 0.1) is 0 Å².